The molecule has 2 heterocycles. The molecule has 168 valence electrons. The van der Waals surface area contributed by atoms with E-state index in [2.05, 4.69) is 15.5 Å². The first-order valence-electron chi connectivity index (χ1n) is 10.4. The molecule has 1 fully saturated rings. The van der Waals surface area contributed by atoms with E-state index in [0.717, 1.165) is 0 Å². The number of amides is 2. The maximum absolute atomic E-state index is 13.1. The second-order valence-electron chi connectivity index (χ2n) is 7.79. The zero-order valence-electron chi connectivity index (χ0n) is 17.8. The first kappa shape index (κ1) is 21.9. The molecule has 1 aliphatic heterocycles. The van der Waals surface area contributed by atoms with Crippen LogP contribution in [0.15, 0.2) is 59.4 Å². The molecule has 1 aromatic heterocycles. The van der Waals surface area contributed by atoms with Crippen molar-refractivity contribution in [2.24, 2.45) is 0 Å². The zero-order valence-corrected chi connectivity index (χ0v) is 17.8. The summed E-state index contributed by atoms with van der Waals surface area (Å²) in [5, 5.41) is 20.3. The van der Waals surface area contributed by atoms with Crippen LogP contribution < -0.4 is 10.9 Å². The van der Waals surface area contributed by atoms with Crippen molar-refractivity contribution < 1.29 is 14.5 Å². The van der Waals surface area contributed by atoms with E-state index in [4.69, 9.17) is 0 Å². The van der Waals surface area contributed by atoms with E-state index in [-0.39, 0.29) is 23.1 Å². The molecule has 2 N–H and O–H groups in total. The van der Waals surface area contributed by atoms with E-state index >= 15 is 0 Å². The fourth-order valence-electron chi connectivity index (χ4n) is 3.93. The molecular weight excluding hydrogens is 426 g/mol. The monoisotopic (exact) mass is 447 g/mol. The molecule has 2 aromatic carbocycles. The molecular formula is C23H21N5O5. The number of nitrogens with one attached hydrogen (secondary N) is 2. The van der Waals surface area contributed by atoms with Gasteiger partial charge >= 0.3 is 0 Å². The Morgan fingerprint density at radius 3 is 2.70 bits per heavy atom. The highest BCUT2D eigenvalue weighted by atomic mass is 16.6. The van der Waals surface area contributed by atoms with Gasteiger partial charge in [-0.05, 0) is 50.1 Å². The molecule has 10 nitrogen and oxygen atoms in total. The molecule has 0 spiro atoms. The van der Waals surface area contributed by atoms with Crippen LogP contribution in [0.2, 0.25) is 0 Å². The van der Waals surface area contributed by atoms with Gasteiger partial charge < -0.3 is 10.2 Å². The quantitative estimate of drug-likeness (QED) is 0.456. The van der Waals surface area contributed by atoms with Gasteiger partial charge in [0, 0.05) is 41.1 Å². The molecule has 0 saturated carbocycles. The van der Waals surface area contributed by atoms with Crippen LogP contribution in [0.4, 0.5) is 11.4 Å². The maximum Gasteiger partial charge on any atom is 0.272 e. The molecule has 4 rings (SSSR count). The Morgan fingerprint density at radius 1 is 1.18 bits per heavy atom. The fraction of sp³-hybridized carbons (Fsp3) is 0.217. The van der Waals surface area contributed by atoms with Crippen LogP contribution in [0.25, 0.3) is 11.3 Å². The van der Waals surface area contributed by atoms with Gasteiger partial charge in [-0.2, -0.15) is 5.10 Å². The van der Waals surface area contributed by atoms with Gasteiger partial charge in [-0.25, -0.2) is 5.10 Å². The molecule has 1 aliphatic rings. The standard InChI is InChI=1S/C23H21N5O5/c1-14-12-16(7-9-19(14)28(32)33)23(31)27-11-3-6-20(27)22(30)24-17-5-2-4-15(13-17)18-8-10-21(29)26-25-18/h2,4-5,7-10,12-13,20H,3,6,11H2,1H3,(H,24,30)(H,26,29). The molecule has 1 unspecified atom stereocenters. The summed E-state index contributed by atoms with van der Waals surface area (Å²) >= 11 is 0. The molecule has 2 amide bonds. The third kappa shape index (κ3) is 4.64. The summed E-state index contributed by atoms with van der Waals surface area (Å²) in [5.41, 5.74) is 2.14. The number of aromatic amines is 1. The van der Waals surface area contributed by atoms with E-state index < -0.39 is 11.0 Å². The predicted octanol–water partition coefficient (Wildman–Crippen LogP) is 2.90. The Morgan fingerprint density at radius 2 is 2.00 bits per heavy atom. The zero-order chi connectivity index (χ0) is 23.5. The Hall–Kier alpha value is -4.34. The van der Waals surface area contributed by atoms with E-state index in [1.165, 1.54) is 29.2 Å². The molecule has 1 saturated heterocycles. The highest BCUT2D eigenvalue weighted by Crippen LogP contribution is 2.25. The fourth-order valence-corrected chi connectivity index (χ4v) is 3.93. The van der Waals surface area contributed by atoms with Crippen molar-refractivity contribution in [3.8, 4) is 11.3 Å². The van der Waals surface area contributed by atoms with E-state index in [9.17, 15) is 24.5 Å². The SMILES string of the molecule is Cc1cc(C(=O)N2CCCC2C(=O)Nc2cccc(-c3ccc(=O)[nH]n3)c2)ccc1[N+](=O)[O-]. The van der Waals surface area contributed by atoms with Crippen LogP contribution in [0, 0.1) is 17.0 Å². The smallest absolute Gasteiger partial charge is 0.272 e. The summed E-state index contributed by atoms with van der Waals surface area (Å²) in [6.45, 7) is 2.00. The van der Waals surface area contributed by atoms with Crippen molar-refractivity contribution in [2.75, 3.05) is 11.9 Å². The molecule has 33 heavy (non-hydrogen) atoms. The number of nitrogens with zero attached hydrogens (tertiary/aromatic N) is 3. The van der Waals surface area contributed by atoms with Gasteiger partial charge in [0.2, 0.25) is 5.91 Å². The van der Waals surface area contributed by atoms with Gasteiger partial charge in [-0.3, -0.25) is 24.5 Å². The van der Waals surface area contributed by atoms with Crippen LogP contribution in [-0.2, 0) is 4.79 Å². The number of carbonyl (C=O) groups excluding carboxylic acids is 2. The second kappa shape index (κ2) is 9.03. The van der Waals surface area contributed by atoms with Crippen molar-refractivity contribution in [1.29, 1.82) is 0 Å². The molecule has 0 aliphatic carbocycles. The minimum atomic E-state index is -0.650. The number of hydrogen-bond acceptors (Lipinski definition) is 6. The Balaban J connectivity index is 1.50. The Kier molecular flexibility index (Phi) is 5.99. The summed E-state index contributed by atoms with van der Waals surface area (Å²) in [6, 6.07) is 13.5. The minimum absolute atomic E-state index is 0.0564. The summed E-state index contributed by atoms with van der Waals surface area (Å²) in [6.07, 6.45) is 1.20. The number of benzene rings is 2. The van der Waals surface area contributed by atoms with Crippen molar-refractivity contribution >= 4 is 23.2 Å². The van der Waals surface area contributed by atoms with Crippen molar-refractivity contribution in [3.63, 3.8) is 0 Å². The van der Waals surface area contributed by atoms with Crippen LogP contribution in [0.5, 0.6) is 0 Å². The summed E-state index contributed by atoms with van der Waals surface area (Å²) < 4.78 is 0. The van der Waals surface area contributed by atoms with Crippen molar-refractivity contribution in [3.05, 3.63) is 86.2 Å². The number of aryl methyl sites for hydroxylation is 1. The van der Waals surface area contributed by atoms with Gasteiger partial charge in [0.15, 0.2) is 0 Å². The molecule has 0 radical (unpaired) electrons. The first-order chi connectivity index (χ1) is 15.8. The third-order valence-corrected chi connectivity index (χ3v) is 5.56. The number of anilines is 1. The highest BCUT2D eigenvalue weighted by Gasteiger charge is 2.35. The number of H-pyrrole nitrogens is 1. The number of likely N-dealkylation sites (tertiary alicyclic amines) is 1. The van der Waals surface area contributed by atoms with Gasteiger partial charge in [-0.15, -0.1) is 0 Å². The van der Waals surface area contributed by atoms with Gasteiger partial charge in [0.1, 0.15) is 6.04 Å². The number of rotatable bonds is 5. The van der Waals surface area contributed by atoms with Crippen LogP contribution in [0.1, 0.15) is 28.8 Å². The predicted molar refractivity (Wildman–Crippen MR) is 121 cm³/mol. The van der Waals surface area contributed by atoms with Gasteiger partial charge in [-0.1, -0.05) is 12.1 Å². The average molecular weight is 447 g/mol. The largest absolute Gasteiger partial charge is 0.327 e. The molecule has 3 aromatic rings. The Labute approximate surface area is 188 Å². The molecule has 0 bridgehead atoms. The van der Waals surface area contributed by atoms with Crippen LogP contribution in [-0.4, -0.2) is 44.4 Å². The number of nitro groups is 1. The lowest BCUT2D eigenvalue weighted by Gasteiger charge is -2.24. The van der Waals surface area contributed by atoms with Crippen LogP contribution in [0.3, 0.4) is 0 Å². The van der Waals surface area contributed by atoms with Gasteiger partial charge in [0.05, 0.1) is 10.6 Å². The number of nitro benzene ring substituents is 1. The van der Waals surface area contributed by atoms with Crippen molar-refractivity contribution in [1.82, 2.24) is 15.1 Å². The minimum Gasteiger partial charge on any atom is -0.327 e. The lowest BCUT2D eigenvalue weighted by molar-refractivity contribution is -0.385. The van der Waals surface area contributed by atoms with Crippen molar-refractivity contribution in [2.45, 2.75) is 25.8 Å². The highest BCUT2D eigenvalue weighted by molar-refractivity contribution is 6.02. The van der Waals surface area contributed by atoms with Gasteiger partial charge in [0.25, 0.3) is 17.2 Å². The third-order valence-electron chi connectivity index (χ3n) is 5.56. The second-order valence-corrected chi connectivity index (χ2v) is 7.79. The number of hydrogen-bond donors (Lipinski definition) is 2. The average Bonchev–Trinajstić information content (AvgIpc) is 3.29. The summed E-state index contributed by atoms with van der Waals surface area (Å²) in [5.74, 6) is -0.650. The topological polar surface area (TPSA) is 138 Å². The maximum atomic E-state index is 13.1. The number of aromatic nitrogens is 2. The normalized spacial score (nSPS) is 15.3. The van der Waals surface area contributed by atoms with Crippen LogP contribution >= 0.6 is 0 Å². The molecule has 10 heteroatoms. The summed E-state index contributed by atoms with van der Waals surface area (Å²) in [4.78, 5) is 49.3. The lowest BCUT2D eigenvalue weighted by Crippen LogP contribution is -2.43. The molecule has 1 atom stereocenters. The van der Waals surface area contributed by atoms with E-state index in [0.29, 0.717) is 47.5 Å². The Bertz CT molecular complexity index is 1280. The summed E-state index contributed by atoms with van der Waals surface area (Å²) in [7, 11) is 0. The number of carbonyl (C=O) groups is 2. The lowest BCUT2D eigenvalue weighted by atomic mass is 10.1. The first-order valence-corrected chi connectivity index (χ1v) is 10.4. The van der Waals surface area contributed by atoms with E-state index in [1.807, 2.05) is 0 Å². The van der Waals surface area contributed by atoms with E-state index in [1.54, 1.807) is 37.3 Å².